The second-order valence-electron chi connectivity index (χ2n) is 4.14. The minimum Gasteiger partial charge on any atom is -0.497 e. The molecule has 0 radical (unpaired) electrons. The average molecular weight is 281 g/mol. The molecule has 2 aromatic carbocycles. The molecule has 0 saturated carbocycles. The van der Waals surface area contributed by atoms with Gasteiger partial charge in [-0.2, -0.15) is 5.26 Å². The molecule has 0 amide bonds. The first kappa shape index (κ1) is 12.5. The van der Waals surface area contributed by atoms with Crippen LogP contribution in [0.4, 0.5) is 10.8 Å². The van der Waals surface area contributed by atoms with Gasteiger partial charge in [0, 0.05) is 6.07 Å². The third-order valence-electron chi connectivity index (χ3n) is 2.88. The van der Waals surface area contributed by atoms with Crippen LogP contribution in [0.1, 0.15) is 5.56 Å². The Morgan fingerprint density at radius 1 is 1.25 bits per heavy atom. The number of hydrogen-bond donors (Lipinski definition) is 1. The molecule has 0 bridgehead atoms. The summed E-state index contributed by atoms with van der Waals surface area (Å²) in [4.78, 5) is 4.51. The number of methoxy groups -OCH3 is 1. The van der Waals surface area contributed by atoms with Crippen LogP contribution in [0, 0.1) is 11.3 Å². The van der Waals surface area contributed by atoms with Crippen LogP contribution < -0.4 is 10.1 Å². The Bertz CT molecular complexity index is 804. The molecule has 0 spiro atoms. The molecule has 0 aliphatic heterocycles. The van der Waals surface area contributed by atoms with Crippen molar-refractivity contribution in [3.05, 3.63) is 48.0 Å². The first-order valence-electron chi connectivity index (χ1n) is 6.01. The molecule has 0 aliphatic rings. The van der Waals surface area contributed by atoms with Crippen LogP contribution in [0.5, 0.6) is 5.75 Å². The van der Waals surface area contributed by atoms with Gasteiger partial charge in [0.15, 0.2) is 5.13 Å². The van der Waals surface area contributed by atoms with E-state index < -0.39 is 0 Å². The lowest BCUT2D eigenvalue weighted by Crippen LogP contribution is -1.92. The van der Waals surface area contributed by atoms with Crippen LogP contribution in [0.15, 0.2) is 42.5 Å². The zero-order valence-electron chi connectivity index (χ0n) is 10.8. The summed E-state index contributed by atoms with van der Waals surface area (Å²) in [5, 5.41) is 13.0. The number of rotatable bonds is 3. The maximum Gasteiger partial charge on any atom is 0.188 e. The van der Waals surface area contributed by atoms with E-state index in [1.165, 1.54) is 0 Å². The smallest absolute Gasteiger partial charge is 0.188 e. The number of hydrogen-bond acceptors (Lipinski definition) is 5. The van der Waals surface area contributed by atoms with Gasteiger partial charge >= 0.3 is 0 Å². The van der Waals surface area contributed by atoms with Gasteiger partial charge in [-0.15, -0.1) is 0 Å². The van der Waals surface area contributed by atoms with Gasteiger partial charge in [0.2, 0.25) is 0 Å². The van der Waals surface area contributed by atoms with Crippen molar-refractivity contribution in [2.24, 2.45) is 0 Å². The fourth-order valence-corrected chi connectivity index (χ4v) is 2.75. The second kappa shape index (κ2) is 5.19. The lowest BCUT2D eigenvalue weighted by molar-refractivity contribution is 0.415. The maximum atomic E-state index is 9.08. The number of nitriles is 1. The first-order chi connectivity index (χ1) is 9.80. The largest absolute Gasteiger partial charge is 0.497 e. The predicted octanol–water partition coefficient (Wildman–Crippen LogP) is 3.92. The van der Waals surface area contributed by atoms with Crippen molar-refractivity contribution in [2.45, 2.75) is 0 Å². The van der Waals surface area contributed by atoms with Crippen molar-refractivity contribution in [3.63, 3.8) is 0 Å². The molecule has 3 aromatic rings. The van der Waals surface area contributed by atoms with E-state index in [4.69, 9.17) is 10.00 Å². The Morgan fingerprint density at radius 2 is 2.10 bits per heavy atom. The number of ether oxygens (including phenoxy) is 1. The summed E-state index contributed by atoms with van der Waals surface area (Å²) >= 11 is 1.54. The number of para-hydroxylation sites is 1. The highest BCUT2D eigenvalue weighted by Gasteiger charge is 2.07. The molecule has 98 valence electrons. The van der Waals surface area contributed by atoms with E-state index >= 15 is 0 Å². The van der Waals surface area contributed by atoms with E-state index in [1.807, 2.05) is 36.4 Å². The monoisotopic (exact) mass is 281 g/mol. The highest BCUT2D eigenvalue weighted by molar-refractivity contribution is 7.22. The summed E-state index contributed by atoms with van der Waals surface area (Å²) in [5.74, 6) is 0.784. The molecule has 0 aliphatic carbocycles. The number of nitrogens with zero attached hydrogens (tertiary/aromatic N) is 2. The second-order valence-corrected chi connectivity index (χ2v) is 5.17. The standard InChI is InChI=1S/C15H11N3OS/c1-19-11-6-7-14-13(8-11)18-15(20-14)17-12-5-3-2-4-10(12)9-16/h2-8H,1H3,(H,17,18). The van der Waals surface area contributed by atoms with Crippen LogP contribution in [0.3, 0.4) is 0 Å². The first-order valence-corrected chi connectivity index (χ1v) is 6.82. The van der Waals surface area contributed by atoms with Gasteiger partial charge in [0.05, 0.1) is 28.6 Å². The van der Waals surface area contributed by atoms with E-state index in [2.05, 4.69) is 16.4 Å². The summed E-state index contributed by atoms with van der Waals surface area (Å²) in [5.41, 5.74) is 2.25. The van der Waals surface area contributed by atoms with Crippen molar-refractivity contribution in [3.8, 4) is 11.8 Å². The summed E-state index contributed by atoms with van der Waals surface area (Å²) in [6.45, 7) is 0. The lowest BCUT2D eigenvalue weighted by Gasteiger charge is -2.03. The minimum absolute atomic E-state index is 0.601. The van der Waals surface area contributed by atoms with Crippen LogP contribution >= 0.6 is 11.3 Å². The molecule has 5 heteroatoms. The molecule has 0 saturated heterocycles. The fourth-order valence-electron chi connectivity index (χ4n) is 1.89. The lowest BCUT2D eigenvalue weighted by atomic mass is 10.2. The molecule has 0 unspecified atom stereocenters. The molecule has 1 aromatic heterocycles. The highest BCUT2D eigenvalue weighted by Crippen LogP contribution is 2.31. The number of anilines is 2. The van der Waals surface area contributed by atoms with Crippen LogP contribution in [-0.2, 0) is 0 Å². The molecular weight excluding hydrogens is 270 g/mol. The maximum absolute atomic E-state index is 9.08. The van der Waals surface area contributed by atoms with Gasteiger partial charge in [-0.25, -0.2) is 4.98 Å². The fraction of sp³-hybridized carbons (Fsp3) is 0.0667. The van der Waals surface area contributed by atoms with Gasteiger partial charge < -0.3 is 10.1 Å². The highest BCUT2D eigenvalue weighted by atomic mass is 32.1. The van der Waals surface area contributed by atoms with Crippen LogP contribution in [-0.4, -0.2) is 12.1 Å². The van der Waals surface area contributed by atoms with Gasteiger partial charge in [-0.1, -0.05) is 23.5 Å². The molecule has 20 heavy (non-hydrogen) atoms. The van der Waals surface area contributed by atoms with Crippen molar-refractivity contribution < 1.29 is 4.74 Å². The van der Waals surface area contributed by atoms with E-state index in [0.717, 1.165) is 26.8 Å². The van der Waals surface area contributed by atoms with E-state index in [1.54, 1.807) is 24.5 Å². The quantitative estimate of drug-likeness (QED) is 0.790. The minimum atomic E-state index is 0.601. The van der Waals surface area contributed by atoms with E-state index in [0.29, 0.717) is 5.56 Å². The van der Waals surface area contributed by atoms with Crippen molar-refractivity contribution >= 4 is 32.4 Å². The van der Waals surface area contributed by atoms with Crippen molar-refractivity contribution in [1.82, 2.24) is 4.98 Å². The molecule has 4 nitrogen and oxygen atoms in total. The Balaban J connectivity index is 1.97. The van der Waals surface area contributed by atoms with E-state index in [9.17, 15) is 0 Å². The zero-order valence-corrected chi connectivity index (χ0v) is 11.6. The number of aromatic nitrogens is 1. The molecule has 0 atom stereocenters. The van der Waals surface area contributed by atoms with Gasteiger partial charge in [0.1, 0.15) is 11.8 Å². The number of benzene rings is 2. The summed E-state index contributed by atoms with van der Waals surface area (Å²) in [7, 11) is 1.63. The average Bonchev–Trinajstić information content (AvgIpc) is 2.89. The summed E-state index contributed by atoms with van der Waals surface area (Å²) in [6.07, 6.45) is 0. The third kappa shape index (κ3) is 2.29. The Hall–Kier alpha value is -2.58. The van der Waals surface area contributed by atoms with Crippen LogP contribution in [0.2, 0.25) is 0 Å². The topological polar surface area (TPSA) is 57.9 Å². The molecule has 0 fully saturated rings. The SMILES string of the molecule is COc1ccc2sc(Nc3ccccc3C#N)nc2c1. The third-order valence-corrected chi connectivity index (χ3v) is 3.84. The number of fused-ring (bicyclic) bond motifs is 1. The molecular formula is C15H11N3OS. The molecule has 1 N–H and O–H groups in total. The van der Waals surface area contributed by atoms with Gasteiger partial charge in [0.25, 0.3) is 0 Å². The Labute approximate surface area is 120 Å². The summed E-state index contributed by atoms with van der Waals surface area (Å²) in [6, 6.07) is 15.3. The predicted molar refractivity (Wildman–Crippen MR) is 80.6 cm³/mol. The normalized spacial score (nSPS) is 10.2. The Morgan fingerprint density at radius 3 is 2.90 bits per heavy atom. The van der Waals surface area contributed by atoms with Crippen LogP contribution in [0.25, 0.3) is 10.2 Å². The van der Waals surface area contributed by atoms with Crippen molar-refractivity contribution in [1.29, 1.82) is 5.26 Å². The summed E-state index contributed by atoms with van der Waals surface area (Å²) < 4.78 is 6.26. The molecule has 3 rings (SSSR count). The van der Waals surface area contributed by atoms with Gasteiger partial charge in [-0.05, 0) is 24.3 Å². The van der Waals surface area contributed by atoms with Gasteiger partial charge in [-0.3, -0.25) is 0 Å². The zero-order chi connectivity index (χ0) is 13.9. The number of nitrogens with one attached hydrogen (secondary N) is 1. The Kier molecular flexibility index (Phi) is 3.23. The number of thiazole rings is 1. The molecule has 1 heterocycles. The van der Waals surface area contributed by atoms with E-state index in [-0.39, 0.29) is 0 Å². The van der Waals surface area contributed by atoms with Crippen molar-refractivity contribution in [2.75, 3.05) is 12.4 Å².